The van der Waals surface area contributed by atoms with Crippen molar-refractivity contribution in [3.05, 3.63) is 0 Å². The van der Waals surface area contributed by atoms with Crippen LogP contribution in [0.3, 0.4) is 0 Å². The van der Waals surface area contributed by atoms with Crippen molar-refractivity contribution in [1.29, 1.82) is 0 Å². The van der Waals surface area contributed by atoms with Gasteiger partial charge in [-0.25, -0.2) is 16.8 Å². The van der Waals surface area contributed by atoms with Crippen molar-refractivity contribution in [3.63, 3.8) is 0 Å². The van der Waals surface area contributed by atoms with Gasteiger partial charge in [0.05, 0.1) is 17.3 Å². The predicted molar refractivity (Wildman–Crippen MR) is 84.8 cm³/mol. The Morgan fingerprint density at radius 2 is 1.95 bits per heavy atom. The highest BCUT2D eigenvalue weighted by molar-refractivity contribution is 7.91. The standard InChI is InChI=1S/C14H27NO4S2/c1-2-20(16,17)8-3-4-12(10-15-14-5-6-14)13-7-9-21(18,19)11-13/h12-15H,2-11H2,1H3. The zero-order chi connectivity index (χ0) is 15.5. The van der Waals surface area contributed by atoms with Crippen LogP contribution in [0, 0.1) is 11.8 Å². The van der Waals surface area contributed by atoms with Gasteiger partial charge in [0.25, 0.3) is 0 Å². The molecule has 0 aromatic carbocycles. The van der Waals surface area contributed by atoms with Crippen LogP contribution in [-0.2, 0) is 19.7 Å². The summed E-state index contributed by atoms with van der Waals surface area (Å²) < 4.78 is 46.5. The van der Waals surface area contributed by atoms with Crippen LogP contribution in [0.4, 0.5) is 0 Å². The van der Waals surface area contributed by atoms with E-state index in [2.05, 4.69) is 5.32 Å². The van der Waals surface area contributed by atoms with E-state index in [0.717, 1.165) is 19.4 Å². The molecule has 1 saturated carbocycles. The van der Waals surface area contributed by atoms with E-state index in [-0.39, 0.29) is 29.1 Å². The molecule has 0 spiro atoms. The lowest BCUT2D eigenvalue weighted by Crippen LogP contribution is -2.30. The van der Waals surface area contributed by atoms with Gasteiger partial charge in [-0.15, -0.1) is 0 Å². The summed E-state index contributed by atoms with van der Waals surface area (Å²) in [5, 5.41) is 3.48. The first-order valence-electron chi connectivity index (χ1n) is 7.95. The van der Waals surface area contributed by atoms with E-state index in [1.807, 2.05) is 0 Å². The molecule has 2 unspecified atom stereocenters. The minimum atomic E-state index is -2.92. The normalized spacial score (nSPS) is 26.8. The molecule has 7 heteroatoms. The Balaban J connectivity index is 1.85. The molecule has 0 aromatic rings. The third-order valence-corrected chi connectivity index (χ3v) is 8.23. The number of nitrogens with one attached hydrogen (secondary N) is 1. The summed E-state index contributed by atoms with van der Waals surface area (Å²) in [6.07, 6.45) is 4.60. The Morgan fingerprint density at radius 1 is 1.24 bits per heavy atom. The molecule has 0 bridgehead atoms. The van der Waals surface area contributed by atoms with Crippen LogP contribution in [0.25, 0.3) is 0 Å². The molecule has 1 N–H and O–H groups in total. The Labute approximate surface area is 128 Å². The summed E-state index contributed by atoms with van der Waals surface area (Å²) in [6.45, 7) is 2.50. The maximum atomic E-state index is 11.7. The first-order valence-corrected chi connectivity index (χ1v) is 11.6. The van der Waals surface area contributed by atoms with Crippen molar-refractivity contribution in [3.8, 4) is 0 Å². The van der Waals surface area contributed by atoms with Crippen LogP contribution in [0.2, 0.25) is 0 Å². The van der Waals surface area contributed by atoms with E-state index >= 15 is 0 Å². The number of hydrogen-bond acceptors (Lipinski definition) is 5. The molecule has 1 saturated heterocycles. The lowest BCUT2D eigenvalue weighted by atomic mass is 9.88. The molecule has 0 aromatic heterocycles. The van der Waals surface area contributed by atoms with E-state index in [4.69, 9.17) is 0 Å². The topological polar surface area (TPSA) is 80.3 Å². The average Bonchev–Trinajstić information content (AvgIpc) is 3.16. The Hall–Kier alpha value is -0.140. The monoisotopic (exact) mass is 337 g/mol. The van der Waals surface area contributed by atoms with E-state index in [9.17, 15) is 16.8 Å². The van der Waals surface area contributed by atoms with Gasteiger partial charge < -0.3 is 5.32 Å². The first-order chi connectivity index (χ1) is 9.81. The molecular formula is C14H27NO4S2. The van der Waals surface area contributed by atoms with Crippen molar-refractivity contribution in [2.24, 2.45) is 11.8 Å². The molecule has 1 heterocycles. The highest BCUT2D eigenvalue weighted by Crippen LogP contribution is 2.30. The minimum absolute atomic E-state index is 0.190. The molecule has 2 fully saturated rings. The number of sulfone groups is 2. The quantitative estimate of drug-likeness (QED) is 0.679. The maximum absolute atomic E-state index is 11.7. The molecule has 21 heavy (non-hydrogen) atoms. The van der Waals surface area contributed by atoms with Gasteiger partial charge in [-0.3, -0.25) is 0 Å². The molecule has 1 aliphatic carbocycles. The van der Waals surface area contributed by atoms with Crippen molar-refractivity contribution in [1.82, 2.24) is 5.32 Å². The van der Waals surface area contributed by atoms with Crippen molar-refractivity contribution < 1.29 is 16.8 Å². The third kappa shape index (κ3) is 5.87. The van der Waals surface area contributed by atoms with Crippen LogP contribution in [0.5, 0.6) is 0 Å². The second kappa shape index (κ2) is 6.96. The van der Waals surface area contributed by atoms with Crippen LogP contribution < -0.4 is 5.32 Å². The van der Waals surface area contributed by atoms with Crippen molar-refractivity contribution in [2.45, 2.75) is 45.1 Å². The highest BCUT2D eigenvalue weighted by Gasteiger charge is 2.34. The molecule has 5 nitrogen and oxygen atoms in total. The maximum Gasteiger partial charge on any atom is 0.150 e. The molecule has 0 amide bonds. The Kier molecular flexibility index (Phi) is 5.71. The summed E-state index contributed by atoms with van der Waals surface area (Å²) in [5.74, 6) is 1.48. The van der Waals surface area contributed by atoms with E-state index in [1.54, 1.807) is 6.92 Å². The zero-order valence-corrected chi connectivity index (χ0v) is 14.4. The first kappa shape index (κ1) is 17.2. The fraction of sp³-hybridized carbons (Fsp3) is 1.00. The molecule has 2 aliphatic rings. The summed E-state index contributed by atoms with van der Waals surface area (Å²) in [6, 6.07) is 0.602. The van der Waals surface area contributed by atoms with Gasteiger partial charge in [0.15, 0.2) is 9.84 Å². The van der Waals surface area contributed by atoms with Crippen molar-refractivity contribution in [2.75, 3.05) is 29.6 Å². The highest BCUT2D eigenvalue weighted by atomic mass is 32.2. The van der Waals surface area contributed by atoms with E-state index < -0.39 is 19.7 Å². The van der Waals surface area contributed by atoms with Crippen LogP contribution in [-0.4, -0.2) is 52.4 Å². The van der Waals surface area contributed by atoms with Crippen molar-refractivity contribution >= 4 is 19.7 Å². The Morgan fingerprint density at radius 3 is 2.48 bits per heavy atom. The van der Waals surface area contributed by atoms with Crippen LogP contribution in [0.15, 0.2) is 0 Å². The van der Waals surface area contributed by atoms with Crippen LogP contribution in [0.1, 0.15) is 39.0 Å². The summed E-state index contributed by atoms with van der Waals surface area (Å²) in [5.41, 5.74) is 0. The Bertz CT molecular complexity index is 537. The second-order valence-electron chi connectivity index (χ2n) is 6.48. The number of rotatable bonds is 9. The number of hydrogen-bond donors (Lipinski definition) is 1. The minimum Gasteiger partial charge on any atom is -0.314 e. The molecule has 0 radical (unpaired) electrons. The van der Waals surface area contributed by atoms with Gasteiger partial charge in [-0.05, 0) is 50.5 Å². The predicted octanol–water partition coefficient (Wildman–Crippen LogP) is 1.00. The third-order valence-electron chi connectivity index (χ3n) is 4.65. The molecule has 2 rings (SSSR count). The van der Waals surface area contributed by atoms with Gasteiger partial charge >= 0.3 is 0 Å². The van der Waals surface area contributed by atoms with Gasteiger partial charge in [0.1, 0.15) is 9.84 Å². The molecule has 1 aliphatic heterocycles. The lowest BCUT2D eigenvalue weighted by Gasteiger charge is -2.23. The molecular weight excluding hydrogens is 310 g/mol. The summed E-state index contributed by atoms with van der Waals surface area (Å²) >= 11 is 0. The fourth-order valence-electron chi connectivity index (χ4n) is 3.02. The second-order valence-corrected chi connectivity index (χ2v) is 11.2. The lowest BCUT2D eigenvalue weighted by molar-refractivity contribution is 0.322. The van der Waals surface area contributed by atoms with Gasteiger partial charge in [-0.2, -0.15) is 0 Å². The molecule has 2 atom stereocenters. The smallest absolute Gasteiger partial charge is 0.150 e. The molecule has 124 valence electrons. The SMILES string of the molecule is CCS(=O)(=O)CCCC(CNC1CC1)C1CCS(=O)(=O)C1. The van der Waals surface area contributed by atoms with Gasteiger partial charge in [0, 0.05) is 11.8 Å². The van der Waals surface area contributed by atoms with E-state index in [1.165, 1.54) is 12.8 Å². The van der Waals surface area contributed by atoms with Crippen LogP contribution >= 0.6 is 0 Å². The zero-order valence-electron chi connectivity index (χ0n) is 12.8. The fourth-order valence-corrected chi connectivity index (χ4v) is 5.83. The summed E-state index contributed by atoms with van der Waals surface area (Å²) in [7, 11) is -5.79. The largest absolute Gasteiger partial charge is 0.314 e. The van der Waals surface area contributed by atoms with E-state index in [0.29, 0.717) is 18.2 Å². The summed E-state index contributed by atoms with van der Waals surface area (Å²) in [4.78, 5) is 0. The average molecular weight is 338 g/mol. The van der Waals surface area contributed by atoms with Gasteiger partial charge in [-0.1, -0.05) is 6.92 Å². The van der Waals surface area contributed by atoms with Gasteiger partial charge in [0.2, 0.25) is 0 Å².